The van der Waals surface area contributed by atoms with E-state index in [4.69, 9.17) is 0 Å². The summed E-state index contributed by atoms with van der Waals surface area (Å²) in [6.45, 7) is 11.0. The Labute approximate surface area is 226 Å². The van der Waals surface area contributed by atoms with Crippen LogP contribution in [0.2, 0.25) is 0 Å². The molecule has 5 rings (SSSR count). The molecule has 37 heavy (non-hydrogen) atoms. The van der Waals surface area contributed by atoms with Gasteiger partial charge in [0, 0.05) is 51.7 Å². The molecule has 6 nitrogen and oxygen atoms in total. The van der Waals surface area contributed by atoms with E-state index < -0.39 is 0 Å². The van der Waals surface area contributed by atoms with Gasteiger partial charge in [0.1, 0.15) is 0 Å². The largest absolute Gasteiger partial charge is 0.357 e. The Hall–Kier alpha value is -3.16. The maximum atomic E-state index is 13.9. The lowest BCUT2D eigenvalue weighted by Gasteiger charge is -2.32. The van der Waals surface area contributed by atoms with E-state index >= 15 is 0 Å². The number of hydrogen-bond acceptors (Lipinski definition) is 3. The van der Waals surface area contributed by atoms with E-state index in [2.05, 4.69) is 51.9 Å². The Bertz CT molecular complexity index is 1360. The average molecular weight is 562 g/mol. The molecular formula is C30H33BrN4O2. The summed E-state index contributed by atoms with van der Waals surface area (Å²) in [6, 6.07) is 15.8. The Balaban J connectivity index is 1.57. The van der Waals surface area contributed by atoms with Crippen molar-refractivity contribution >= 4 is 45.1 Å². The second kappa shape index (κ2) is 10.7. The van der Waals surface area contributed by atoms with E-state index in [-0.39, 0.29) is 17.7 Å². The summed E-state index contributed by atoms with van der Waals surface area (Å²) < 4.78 is 0.909. The van der Waals surface area contributed by atoms with Gasteiger partial charge < -0.3 is 20.1 Å². The van der Waals surface area contributed by atoms with Gasteiger partial charge >= 0.3 is 0 Å². The van der Waals surface area contributed by atoms with Crippen LogP contribution >= 0.6 is 15.9 Å². The molecule has 0 saturated carbocycles. The van der Waals surface area contributed by atoms with Gasteiger partial charge in [-0.1, -0.05) is 67.0 Å². The van der Waals surface area contributed by atoms with Crippen molar-refractivity contribution in [1.82, 2.24) is 14.8 Å². The number of nitrogens with one attached hydrogen (secondary N) is 2. The molecule has 2 amide bonds. The molecule has 1 aromatic heterocycles. The van der Waals surface area contributed by atoms with Crippen molar-refractivity contribution in [2.24, 2.45) is 0 Å². The highest BCUT2D eigenvalue weighted by Gasteiger charge is 2.35. The molecule has 1 unspecified atom stereocenters. The first-order chi connectivity index (χ1) is 17.9. The maximum absolute atomic E-state index is 13.9. The monoisotopic (exact) mass is 560 g/mol. The summed E-state index contributed by atoms with van der Waals surface area (Å²) in [5.74, 6) is 0.0816. The average Bonchev–Trinajstić information content (AvgIpc) is 3.43. The summed E-state index contributed by atoms with van der Waals surface area (Å²) in [7, 11) is 0. The van der Waals surface area contributed by atoms with Crippen LogP contribution < -0.4 is 5.32 Å². The molecule has 192 valence electrons. The predicted octanol–water partition coefficient (Wildman–Crippen LogP) is 6.23. The number of anilines is 1. The maximum Gasteiger partial charge on any atom is 0.256 e. The van der Waals surface area contributed by atoms with Gasteiger partial charge in [0.25, 0.3) is 11.8 Å². The minimum atomic E-state index is -0.142. The van der Waals surface area contributed by atoms with E-state index in [0.717, 1.165) is 76.4 Å². The van der Waals surface area contributed by atoms with Crippen molar-refractivity contribution in [2.45, 2.75) is 33.1 Å². The molecule has 2 aliphatic rings. The number of rotatable bonds is 8. The number of aromatic nitrogens is 1. The van der Waals surface area contributed by atoms with Crippen molar-refractivity contribution in [1.29, 1.82) is 0 Å². The zero-order valence-electron chi connectivity index (χ0n) is 21.6. The second-order valence-corrected chi connectivity index (χ2v) is 10.7. The molecule has 0 fully saturated rings. The molecular weight excluding hydrogens is 528 g/mol. The smallest absolute Gasteiger partial charge is 0.256 e. The standard InChI is InChI=1S/C30H33BrN4O2/c1-4-34(5-2)14-9-15-35-18-19(3)28-27(30(35)37)26(20-10-7-6-8-11-20)25(32-28)17-23-22-16-21(31)12-13-24(22)33-29(23)36/h6-8,10-13,16-17,19,32H,4-5,9,14-15,18H2,1-3H3,(H,33,36). The van der Waals surface area contributed by atoms with Crippen molar-refractivity contribution in [3.8, 4) is 11.1 Å². The highest BCUT2D eigenvalue weighted by Crippen LogP contribution is 2.41. The molecule has 0 radical (unpaired) electrons. The number of nitrogens with zero attached hydrogens (tertiary/aromatic N) is 2. The summed E-state index contributed by atoms with van der Waals surface area (Å²) >= 11 is 3.53. The Morgan fingerprint density at radius 1 is 1.08 bits per heavy atom. The van der Waals surface area contributed by atoms with Crippen LogP contribution in [0.1, 0.15) is 60.4 Å². The van der Waals surface area contributed by atoms with Crippen LogP contribution in [0.25, 0.3) is 22.8 Å². The molecule has 1 atom stereocenters. The molecule has 2 N–H and O–H groups in total. The first-order valence-electron chi connectivity index (χ1n) is 13.1. The fourth-order valence-corrected chi connectivity index (χ4v) is 5.83. The Morgan fingerprint density at radius 2 is 1.84 bits per heavy atom. The van der Waals surface area contributed by atoms with Gasteiger partial charge in [-0.2, -0.15) is 0 Å². The first kappa shape index (κ1) is 25.5. The van der Waals surface area contributed by atoms with Crippen LogP contribution in [0.15, 0.2) is 53.0 Å². The number of hydrogen-bond donors (Lipinski definition) is 2. The normalized spacial score (nSPS) is 17.9. The summed E-state index contributed by atoms with van der Waals surface area (Å²) in [6.07, 6.45) is 2.85. The quantitative estimate of drug-likeness (QED) is 0.321. The third-order valence-electron chi connectivity index (χ3n) is 7.46. The first-order valence-corrected chi connectivity index (χ1v) is 13.9. The third kappa shape index (κ3) is 4.90. The zero-order chi connectivity index (χ0) is 26.1. The topological polar surface area (TPSA) is 68.4 Å². The molecule has 2 aliphatic heterocycles. The number of aromatic amines is 1. The fourth-order valence-electron chi connectivity index (χ4n) is 5.47. The summed E-state index contributed by atoms with van der Waals surface area (Å²) in [4.78, 5) is 34.8. The van der Waals surface area contributed by atoms with Gasteiger partial charge in [-0.25, -0.2) is 0 Å². The van der Waals surface area contributed by atoms with E-state index in [0.29, 0.717) is 12.1 Å². The highest BCUT2D eigenvalue weighted by molar-refractivity contribution is 9.10. The number of amides is 2. The van der Waals surface area contributed by atoms with Gasteiger partial charge in [-0.15, -0.1) is 0 Å². The number of carbonyl (C=O) groups excluding carboxylic acids is 2. The summed E-state index contributed by atoms with van der Waals surface area (Å²) in [5.41, 5.74) is 6.53. The van der Waals surface area contributed by atoms with E-state index in [9.17, 15) is 9.59 Å². The molecule has 3 aromatic rings. The Morgan fingerprint density at radius 3 is 2.57 bits per heavy atom. The van der Waals surface area contributed by atoms with E-state index in [1.165, 1.54) is 0 Å². The lowest BCUT2D eigenvalue weighted by Crippen LogP contribution is -2.40. The predicted molar refractivity (Wildman–Crippen MR) is 154 cm³/mol. The molecule has 0 spiro atoms. The summed E-state index contributed by atoms with van der Waals surface area (Å²) in [5, 5.41) is 2.96. The number of benzene rings is 2. The van der Waals surface area contributed by atoms with Crippen LogP contribution in [-0.4, -0.2) is 59.3 Å². The molecule has 3 heterocycles. The van der Waals surface area contributed by atoms with Crippen molar-refractivity contribution in [3.05, 3.63) is 75.5 Å². The van der Waals surface area contributed by atoms with E-state index in [1.54, 1.807) is 0 Å². The Kier molecular flexibility index (Phi) is 7.36. The van der Waals surface area contributed by atoms with Crippen LogP contribution in [0.5, 0.6) is 0 Å². The molecule has 0 bridgehead atoms. The molecule has 7 heteroatoms. The van der Waals surface area contributed by atoms with Crippen LogP contribution in [0, 0.1) is 0 Å². The van der Waals surface area contributed by atoms with Crippen molar-refractivity contribution < 1.29 is 9.59 Å². The molecule has 0 aliphatic carbocycles. The van der Waals surface area contributed by atoms with Gasteiger partial charge in [0.05, 0.1) is 11.1 Å². The minimum Gasteiger partial charge on any atom is -0.357 e. The minimum absolute atomic E-state index is 0.0615. The number of fused-ring (bicyclic) bond motifs is 2. The molecule has 0 saturated heterocycles. The van der Waals surface area contributed by atoms with Crippen LogP contribution in [0.3, 0.4) is 0 Å². The van der Waals surface area contributed by atoms with Gasteiger partial charge in [0.15, 0.2) is 0 Å². The third-order valence-corrected chi connectivity index (χ3v) is 7.95. The SMILES string of the molecule is CCN(CC)CCCN1CC(C)c2[nH]c(C=C3C(=O)Nc4ccc(Br)cc43)c(-c3ccccc3)c2C1=O. The second-order valence-electron chi connectivity index (χ2n) is 9.80. The fraction of sp³-hybridized carbons (Fsp3) is 0.333. The lowest BCUT2D eigenvalue weighted by atomic mass is 9.91. The lowest BCUT2D eigenvalue weighted by molar-refractivity contribution is -0.110. The van der Waals surface area contributed by atoms with Crippen molar-refractivity contribution in [2.75, 3.05) is 38.0 Å². The van der Waals surface area contributed by atoms with Gasteiger partial charge in [0.2, 0.25) is 0 Å². The van der Waals surface area contributed by atoms with Crippen molar-refractivity contribution in [3.63, 3.8) is 0 Å². The zero-order valence-corrected chi connectivity index (χ0v) is 23.2. The van der Waals surface area contributed by atoms with Crippen LogP contribution in [0.4, 0.5) is 5.69 Å². The number of H-pyrrole nitrogens is 1. The number of carbonyl (C=O) groups is 2. The molecule has 2 aromatic carbocycles. The van der Waals surface area contributed by atoms with Crippen LogP contribution in [-0.2, 0) is 4.79 Å². The van der Waals surface area contributed by atoms with Gasteiger partial charge in [-0.05, 0) is 55.9 Å². The van der Waals surface area contributed by atoms with E-state index in [1.807, 2.05) is 59.5 Å². The highest BCUT2D eigenvalue weighted by atomic mass is 79.9. The van der Waals surface area contributed by atoms with Gasteiger partial charge in [-0.3, -0.25) is 9.59 Å². The number of halogens is 1.